The molecule has 0 heterocycles. The zero-order valence-corrected chi connectivity index (χ0v) is 6.95. The van der Waals surface area contributed by atoms with E-state index >= 15 is 0 Å². The Morgan fingerprint density at radius 3 is 2.18 bits per heavy atom. The van der Waals surface area contributed by atoms with Crippen LogP contribution >= 0.6 is 0 Å². The summed E-state index contributed by atoms with van der Waals surface area (Å²) in [5, 5.41) is 17.4. The molecule has 0 aromatic carbocycles. The van der Waals surface area contributed by atoms with Crippen LogP contribution in [0.1, 0.15) is 13.8 Å². The minimum Gasteiger partial charge on any atom is -0.393 e. The van der Waals surface area contributed by atoms with Crippen LogP contribution in [0, 0.1) is 0 Å². The van der Waals surface area contributed by atoms with Gasteiger partial charge in [0.1, 0.15) is 0 Å². The predicted molar refractivity (Wildman–Crippen MR) is 41.0 cm³/mol. The largest absolute Gasteiger partial charge is 0.393 e. The highest BCUT2D eigenvalue weighted by Gasteiger charge is 2.18. The summed E-state index contributed by atoms with van der Waals surface area (Å²) in [5.41, 5.74) is 0. The van der Waals surface area contributed by atoms with Crippen LogP contribution < -0.4 is 0 Å². The molecule has 1 unspecified atom stereocenters. The van der Waals surface area contributed by atoms with Gasteiger partial charge in [-0.05, 0) is 13.8 Å². The van der Waals surface area contributed by atoms with Gasteiger partial charge in [0.2, 0.25) is 0 Å². The molecule has 66 valence electrons. The highest BCUT2D eigenvalue weighted by Crippen LogP contribution is 1.93. The van der Waals surface area contributed by atoms with Crippen LogP contribution in [0.15, 0.2) is 0 Å². The van der Waals surface area contributed by atoms with Crippen molar-refractivity contribution in [3.63, 3.8) is 0 Å². The number of aliphatic hydroxyl groups excluding tert-OH is 2. The quantitative estimate of drug-likeness (QED) is 0.568. The van der Waals surface area contributed by atoms with E-state index in [9.17, 15) is 4.79 Å². The lowest BCUT2D eigenvalue weighted by Gasteiger charge is -2.20. The van der Waals surface area contributed by atoms with Gasteiger partial charge in [-0.3, -0.25) is 4.79 Å². The Bertz CT molecular complexity index is 123. The second-order valence-electron chi connectivity index (χ2n) is 2.21. The first-order valence-corrected chi connectivity index (χ1v) is 3.75. The predicted octanol–water partition coefficient (Wildman–Crippen LogP) is -0.792. The summed E-state index contributed by atoms with van der Waals surface area (Å²) in [6, 6.07) is 0. The molecule has 0 aromatic rings. The monoisotopic (exact) mass is 161 g/mol. The lowest BCUT2D eigenvalue weighted by molar-refractivity contribution is -0.141. The molecule has 4 heteroatoms. The van der Waals surface area contributed by atoms with E-state index in [0.29, 0.717) is 13.1 Å². The molecule has 0 spiro atoms. The van der Waals surface area contributed by atoms with Gasteiger partial charge in [0, 0.05) is 13.1 Å². The maximum atomic E-state index is 11.1. The maximum absolute atomic E-state index is 11.1. The Balaban J connectivity index is 3.97. The van der Waals surface area contributed by atoms with Gasteiger partial charge in [-0.1, -0.05) is 0 Å². The SMILES string of the molecule is CCN(CC)C(=O)C(O)CO. The van der Waals surface area contributed by atoms with E-state index in [1.807, 2.05) is 13.8 Å². The van der Waals surface area contributed by atoms with Gasteiger partial charge in [0.05, 0.1) is 6.61 Å². The second-order valence-corrected chi connectivity index (χ2v) is 2.21. The molecule has 0 radical (unpaired) electrons. The van der Waals surface area contributed by atoms with Gasteiger partial charge in [0.25, 0.3) is 5.91 Å². The van der Waals surface area contributed by atoms with Crippen molar-refractivity contribution in [3.8, 4) is 0 Å². The Hall–Kier alpha value is -0.610. The van der Waals surface area contributed by atoms with E-state index in [2.05, 4.69) is 0 Å². The zero-order chi connectivity index (χ0) is 8.85. The summed E-state index contributed by atoms with van der Waals surface area (Å²) < 4.78 is 0. The molecular formula is C7H15NO3. The average Bonchev–Trinajstić information content (AvgIpc) is 2.05. The number of carbonyl (C=O) groups is 1. The normalized spacial score (nSPS) is 12.7. The van der Waals surface area contributed by atoms with Crippen molar-refractivity contribution in [2.75, 3.05) is 19.7 Å². The fraction of sp³-hybridized carbons (Fsp3) is 0.857. The van der Waals surface area contributed by atoms with Crippen LogP contribution in [-0.4, -0.2) is 46.8 Å². The van der Waals surface area contributed by atoms with Crippen molar-refractivity contribution in [1.82, 2.24) is 4.90 Å². The minimum absolute atomic E-state index is 0.405. The third-order valence-electron chi connectivity index (χ3n) is 1.53. The summed E-state index contributed by atoms with van der Waals surface area (Å²) in [6.45, 7) is 4.27. The number of rotatable bonds is 4. The van der Waals surface area contributed by atoms with Gasteiger partial charge >= 0.3 is 0 Å². The highest BCUT2D eigenvalue weighted by atomic mass is 16.3. The standard InChI is InChI=1S/C7H15NO3/c1-3-8(4-2)7(11)6(10)5-9/h6,9-10H,3-5H2,1-2H3. The molecule has 0 aliphatic carbocycles. The number of hydrogen-bond acceptors (Lipinski definition) is 3. The molecule has 1 amide bonds. The molecule has 0 saturated carbocycles. The molecule has 0 aliphatic rings. The molecule has 0 aromatic heterocycles. The summed E-state index contributed by atoms with van der Waals surface area (Å²) in [6.07, 6.45) is -1.25. The Labute approximate surface area is 66.4 Å². The average molecular weight is 161 g/mol. The molecule has 11 heavy (non-hydrogen) atoms. The van der Waals surface area contributed by atoms with E-state index in [1.165, 1.54) is 4.90 Å². The third-order valence-corrected chi connectivity index (χ3v) is 1.53. The topological polar surface area (TPSA) is 60.8 Å². The lowest BCUT2D eigenvalue weighted by Crippen LogP contribution is -2.40. The molecular weight excluding hydrogens is 146 g/mol. The summed E-state index contributed by atoms with van der Waals surface area (Å²) >= 11 is 0. The second kappa shape index (κ2) is 5.09. The van der Waals surface area contributed by atoms with Crippen LogP contribution in [0.3, 0.4) is 0 Å². The van der Waals surface area contributed by atoms with Gasteiger partial charge < -0.3 is 15.1 Å². The van der Waals surface area contributed by atoms with Crippen molar-refractivity contribution >= 4 is 5.91 Å². The Morgan fingerprint density at radius 1 is 1.45 bits per heavy atom. The number of likely N-dealkylation sites (N-methyl/N-ethyl adjacent to an activating group) is 1. The molecule has 0 bridgehead atoms. The van der Waals surface area contributed by atoms with Gasteiger partial charge in [-0.15, -0.1) is 0 Å². The summed E-state index contributed by atoms with van der Waals surface area (Å²) in [5.74, 6) is -0.405. The zero-order valence-electron chi connectivity index (χ0n) is 6.95. The summed E-state index contributed by atoms with van der Waals surface area (Å²) in [4.78, 5) is 12.5. The fourth-order valence-electron chi connectivity index (χ4n) is 0.824. The minimum atomic E-state index is -1.25. The molecule has 0 aliphatic heterocycles. The molecule has 0 rings (SSSR count). The molecule has 4 nitrogen and oxygen atoms in total. The van der Waals surface area contributed by atoms with Gasteiger partial charge in [-0.2, -0.15) is 0 Å². The molecule has 0 saturated heterocycles. The van der Waals surface area contributed by atoms with Crippen LogP contribution in [0.5, 0.6) is 0 Å². The number of amides is 1. The summed E-state index contributed by atoms with van der Waals surface area (Å²) in [7, 11) is 0. The molecule has 2 N–H and O–H groups in total. The van der Waals surface area contributed by atoms with Crippen molar-refractivity contribution in [3.05, 3.63) is 0 Å². The third kappa shape index (κ3) is 2.86. The van der Waals surface area contributed by atoms with Crippen molar-refractivity contribution in [2.24, 2.45) is 0 Å². The highest BCUT2D eigenvalue weighted by molar-refractivity contribution is 5.80. The van der Waals surface area contributed by atoms with Crippen LogP contribution in [0.2, 0.25) is 0 Å². The van der Waals surface area contributed by atoms with Crippen LogP contribution in [0.4, 0.5) is 0 Å². The van der Waals surface area contributed by atoms with Crippen LogP contribution in [-0.2, 0) is 4.79 Å². The number of aliphatic hydroxyl groups is 2. The number of nitrogens with zero attached hydrogens (tertiary/aromatic N) is 1. The first kappa shape index (κ1) is 10.4. The van der Waals surface area contributed by atoms with E-state index < -0.39 is 18.6 Å². The van der Waals surface area contributed by atoms with Crippen LogP contribution in [0.25, 0.3) is 0 Å². The van der Waals surface area contributed by atoms with Crippen molar-refractivity contribution in [1.29, 1.82) is 0 Å². The fourth-order valence-corrected chi connectivity index (χ4v) is 0.824. The van der Waals surface area contributed by atoms with E-state index in [-0.39, 0.29) is 0 Å². The Kier molecular flexibility index (Phi) is 4.81. The van der Waals surface area contributed by atoms with Gasteiger partial charge in [-0.25, -0.2) is 0 Å². The molecule has 0 fully saturated rings. The van der Waals surface area contributed by atoms with Crippen molar-refractivity contribution in [2.45, 2.75) is 20.0 Å². The Morgan fingerprint density at radius 2 is 1.91 bits per heavy atom. The molecule has 1 atom stereocenters. The number of hydrogen-bond donors (Lipinski definition) is 2. The van der Waals surface area contributed by atoms with E-state index in [4.69, 9.17) is 10.2 Å². The van der Waals surface area contributed by atoms with Gasteiger partial charge in [0.15, 0.2) is 6.10 Å². The maximum Gasteiger partial charge on any atom is 0.253 e. The van der Waals surface area contributed by atoms with E-state index in [1.54, 1.807) is 0 Å². The van der Waals surface area contributed by atoms with Crippen molar-refractivity contribution < 1.29 is 15.0 Å². The lowest BCUT2D eigenvalue weighted by atomic mass is 10.3. The smallest absolute Gasteiger partial charge is 0.253 e. The van der Waals surface area contributed by atoms with E-state index in [0.717, 1.165) is 0 Å². The first-order chi connectivity index (χ1) is 5.17. The number of carbonyl (C=O) groups excluding carboxylic acids is 1. The first-order valence-electron chi connectivity index (χ1n) is 3.75.